The molecule has 140 valence electrons. The van der Waals surface area contributed by atoms with Crippen molar-refractivity contribution < 1.29 is 9.84 Å². The summed E-state index contributed by atoms with van der Waals surface area (Å²) >= 11 is 5.88. The zero-order chi connectivity index (χ0) is 18.8. The first-order chi connectivity index (χ1) is 12.6. The fourth-order valence-corrected chi connectivity index (χ4v) is 2.61. The van der Waals surface area contributed by atoms with Crippen molar-refractivity contribution in [3.05, 3.63) is 65.2 Å². The summed E-state index contributed by atoms with van der Waals surface area (Å²) in [5.41, 5.74) is 1.09. The Labute approximate surface area is 160 Å². The molecule has 26 heavy (non-hydrogen) atoms. The van der Waals surface area contributed by atoms with Crippen molar-refractivity contribution in [1.82, 2.24) is 10.6 Å². The molecule has 0 bridgehead atoms. The van der Waals surface area contributed by atoms with E-state index in [0.29, 0.717) is 24.1 Å². The summed E-state index contributed by atoms with van der Waals surface area (Å²) in [5.74, 6) is 1.46. The normalized spacial score (nSPS) is 13.8. The number of aliphatic hydroxyl groups excluding tert-OH is 1. The highest BCUT2D eigenvalue weighted by Crippen LogP contribution is 2.16. The molecule has 0 amide bonds. The molecule has 2 aromatic rings. The molecule has 0 saturated carbocycles. The summed E-state index contributed by atoms with van der Waals surface area (Å²) in [6.07, 6.45) is -0.0440. The quantitative estimate of drug-likeness (QED) is 0.490. The number of nitrogens with one attached hydrogen (secondary N) is 2. The van der Waals surface area contributed by atoms with E-state index in [1.807, 2.05) is 49.4 Å². The number of hydrogen-bond acceptors (Lipinski definition) is 3. The molecule has 0 aliphatic heterocycles. The lowest BCUT2D eigenvalue weighted by molar-refractivity contribution is 0.223. The van der Waals surface area contributed by atoms with Crippen LogP contribution in [0.2, 0.25) is 5.02 Å². The molecule has 0 aliphatic carbocycles. The van der Waals surface area contributed by atoms with E-state index >= 15 is 0 Å². The van der Waals surface area contributed by atoms with Gasteiger partial charge in [-0.2, -0.15) is 0 Å². The van der Waals surface area contributed by atoms with Crippen molar-refractivity contribution in [3.8, 4) is 5.75 Å². The van der Waals surface area contributed by atoms with Gasteiger partial charge in [0.25, 0.3) is 0 Å². The van der Waals surface area contributed by atoms with E-state index in [2.05, 4.69) is 15.6 Å². The number of ether oxygens (including phenoxy) is 1. The Morgan fingerprint density at radius 3 is 2.35 bits per heavy atom. The minimum absolute atomic E-state index is 0.0116. The number of hydrogen-bond donors (Lipinski definition) is 3. The van der Waals surface area contributed by atoms with Gasteiger partial charge in [-0.3, -0.25) is 4.99 Å². The minimum atomic E-state index is -0.0440. The second-order valence-electron chi connectivity index (χ2n) is 6.01. The van der Waals surface area contributed by atoms with Gasteiger partial charge < -0.3 is 20.5 Å². The molecule has 5 nitrogen and oxygen atoms in total. The summed E-state index contributed by atoms with van der Waals surface area (Å²) in [6.45, 7) is 3.24. The second-order valence-corrected chi connectivity index (χ2v) is 6.44. The highest BCUT2D eigenvalue weighted by atomic mass is 35.5. The Hall–Kier alpha value is -2.24. The molecule has 0 spiro atoms. The predicted molar refractivity (Wildman–Crippen MR) is 107 cm³/mol. The van der Waals surface area contributed by atoms with Crippen LogP contribution < -0.4 is 15.4 Å². The average Bonchev–Trinajstić information content (AvgIpc) is 2.67. The fourth-order valence-electron chi connectivity index (χ4n) is 2.48. The Morgan fingerprint density at radius 1 is 1.08 bits per heavy atom. The average molecular weight is 376 g/mol. The fraction of sp³-hybridized carbons (Fsp3) is 0.350. The maximum absolute atomic E-state index is 9.64. The van der Waals surface area contributed by atoms with Crippen LogP contribution in [0.4, 0.5) is 0 Å². The topological polar surface area (TPSA) is 65.9 Å². The van der Waals surface area contributed by atoms with Gasteiger partial charge in [-0.15, -0.1) is 0 Å². The van der Waals surface area contributed by atoms with Crippen molar-refractivity contribution in [3.63, 3.8) is 0 Å². The number of rotatable bonds is 8. The zero-order valence-electron chi connectivity index (χ0n) is 15.2. The Balaban J connectivity index is 1.78. The van der Waals surface area contributed by atoms with Gasteiger partial charge in [0.15, 0.2) is 5.96 Å². The first-order valence-electron chi connectivity index (χ1n) is 8.65. The third kappa shape index (κ3) is 6.58. The summed E-state index contributed by atoms with van der Waals surface area (Å²) < 4.78 is 5.84. The van der Waals surface area contributed by atoms with E-state index < -0.39 is 0 Å². The van der Waals surface area contributed by atoms with E-state index in [1.165, 1.54) is 0 Å². The summed E-state index contributed by atoms with van der Waals surface area (Å²) in [7, 11) is 1.72. The number of guanidine groups is 1. The van der Waals surface area contributed by atoms with E-state index in [0.717, 1.165) is 11.3 Å². The van der Waals surface area contributed by atoms with Gasteiger partial charge >= 0.3 is 0 Å². The number of benzene rings is 2. The van der Waals surface area contributed by atoms with Gasteiger partial charge in [0.05, 0.1) is 13.2 Å². The maximum atomic E-state index is 9.64. The largest absolute Gasteiger partial charge is 0.489 e. The maximum Gasteiger partial charge on any atom is 0.191 e. The first kappa shape index (κ1) is 20.1. The van der Waals surface area contributed by atoms with Crippen LogP contribution in [-0.2, 0) is 0 Å². The van der Waals surface area contributed by atoms with Crippen LogP contribution in [0.15, 0.2) is 59.6 Å². The lowest BCUT2D eigenvalue weighted by Gasteiger charge is -2.20. The molecule has 0 saturated heterocycles. The van der Waals surface area contributed by atoms with Gasteiger partial charge in [-0.05, 0) is 36.8 Å². The number of halogens is 1. The lowest BCUT2D eigenvalue weighted by Crippen LogP contribution is -2.43. The molecule has 3 N–H and O–H groups in total. The summed E-state index contributed by atoms with van der Waals surface area (Å²) in [6, 6.07) is 17.2. The Kier molecular flexibility index (Phi) is 8.25. The number of nitrogens with zero attached hydrogens (tertiary/aromatic N) is 1. The molecule has 2 aromatic carbocycles. The monoisotopic (exact) mass is 375 g/mol. The van der Waals surface area contributed by atoms with Crippen LogP contribution in [0.3, 0.4) is 0 Å². The molecular weight excluding hydrogens is 350 g/mol. The summed E-state index contributed by atoms with van der Waals surface area (Å²) in [4.78, 5) is 4.22. The Bertz CT molecular complexity index is 677. The zero-order valence-corrected chi connectivity index (χ0v) is 15.9. The smallest absolute Gasteiger partial charge is 0.191 e. The molecule has 2 atom stereocenters. The number of aliphatic hydroxyl groups is 1. The molecule has 2 rings (SSSR count). The van der Waals surface area contributed by atoms with Crippen molar-refractivity contribution >= 4 is 17.6 Å². The first-order valence-corrected chi connectivity index (χ1v) is 9.02. The van der Waals surface area contributed by atoms with Crippen molar-refractivity contribution in [1.29, 1.82) is 0 Å². The molecule has 0 radical (unpaired) electrons. The van der Waals surface area contributed by atoms with Gasteiger partial charge in [-0.1, -0.05) is 41.9 Å². The highest BCUT2D eigenvalue weighted by molar-refractivity contribution is 6.30. The molecule has 2 unspecified atom stereocenters. The van der Waals surface area contributed by atoms with Crippen molar-refractivity contribution in [2.75, 3.05) is 26.7 Å². The van der Waals surface area contributed by atoms with Crippen LogP contribution in [0, 0.1) is 0 Å². The van der Waals surface area contributed by atoms with Crippen LogP contribution >= 0.6 is 11.6 Å². The van der Waals surface area contributed by atoms with Crippen molar-refractivity contribution in [2.24, 2.45) is 4.99 Å². The molecule has 0 fully saturated rings. The SMILES string of the molecule is CN=C(NCC(C)Oc1ccc(Cl)cc1)NCC(CO)c1ccccc1. The van der Waals surface area contributed by atoms with Gasteiger partial charge in [0, 0.05) is 24.5 Å². The third-order valence-electron chi connectivity index (χ3n) is 3.94. The van der Waals surface area contributed by atoms with Crippen LogP contribution in [0.25, 0.3) is 0 Å². The van der Waals surface area contributed by atoms with E-state index in [-0.39, 0.29) is 18.6 Å². The van der Waals surface area contributed by atoms with E-state index in [9.17, 15) is 5.11 Å². The van der Waals surface area contributed by atoms with Gasteiger partial charge in [0.2, 0.25) is 0 Å². The van der Waals surface area contributed by atoms with E-state index in [1.54, 1.807) is 19.2 Å². The van der Waals surface area contributed by atoms with Crippen molar-refractivity contribution in [2.45, 2.75) is 18.9 Å². The minimum Gasteiger partial charge on any atom is -0.489 e. The molecule has 0 aromatic heterocycles. The van der Waals surface area contributed by atoms with E-state index in [4.69, 9.17) is 16.3 Å². The van der Waals surface area contributed by atoms with Gasteiger partial charge in [0.1, 0.15) is 11.9 Å². The predicted octanol–water partition coefficient (Wildman–Crippen LogP) is 3.05. The lowest BCUT2D eigenvalue weighted by atomic mass is 10.0. The number of aliphatic imine (C=N–C) groups is 1. The van der Waals surface area contributed by atoms with Crippen LogP contribution in [0.1, 0.15) is 18.4 Å². The molecular formula is C20H26ClN3O2. The van der Waals surface area contributed by atoms with Gasteiger partial charge in [-0.25, -0.2) is 0 Å². The molecule has 0 aliphatic rings. The third-order valence-corrected chi connectivity index (χ3v) is 4.19. The highest BCUT2D eigenvalue weighted by Gasteiger charge is 2.11. The summed E-state index contributed by atoms with van der Waals surface area (Å²) in [5, 5.41) is 16.8. The van der Waals surface area contributed by atoms with Crippen LogP contribution in [-0.4, -0.2) is 43.9 Å². The Morgan fingerprint density at radius 2 is 1.73 bits per heavy atom. The molecule has 6 heteroatoms. The second kappa shape index (κ2) is 10.7. The van der Waals surface area contributed by atoms with Crippen LogP contribution in [0.5, 0.6) is 5.75 Å². The standard InChI is InChI=1S/C20H26ClN3O2/c1-15(26-19-10-8-18(21)9-11-19)12-23-20(22-2)24-13-17(14-25)16-6-4-3-5-7-16/h3-11,15,17,25H,12-14H2,1-2H3,(H2,22,23,24). The molecule has 0 heterocycles.